The number of aromatic amines is 1. The summed E-state index contributed by atoms with van der Waals surface area (Å²) in [4.78, 5) is 20.3. The summed E-state index contributed by atoms with van der Waals surface area (Å²) in [6.07, 6.45) is 7.26. The van der Waals surface area contributed by atoms with E-state index in [0.29, 0.717) is 31.1 Å². The van der Waals surface area contributed by atoms with Crippen LogP contribution in [-0.4, -0.2) is 36.7 Å². The summed E-state index contributed by atoms with van der Waals surface area (Å²) in [5.41, 5.74) is 1.19. The minimum absolute atomic E-state index is 0.162. The summed E-state index contributed by atoms with van der Waals surface area (Å²) in [5.74, 6) is 2.25. The number of fused-ring (bicyclic) bond motifs is 1. The quantitative estimate of drug-likeness (QED) is 0.235. The Morgan fingerprint density at radius 3 is 2.82 bits per heavy atom. The Bertz CT molecular complexity index is 1520. The highest BCUT2D eigenvalue weighted by Gasteiger charge is 2.33. The standard InChI is InChI=1S/C29H32N6O3S/c1-2-37-22-12-13-26-20(16-22)17-25(29(36)30-26)27(28-31-32-33-35(28)21-8-4-3-5-9-21)34(18-23-10-6-14-38-23)19-24-11-7-15-39-24/h6-7,10-17,21,27H,2-5,8-9,18-19H2,1H3,(H,30,36). The van der Waals surface area contributed by atoms with Gasteiger partial charge in [0.15, 0.2) is 5.82 Å². The van der Waals surface area contributed by atoms with Crippen LogP contribution in [0.25, 0.3) is 10.9 Å². The zero-order valence-electron chi connectivity index (χ0n) is 22.0. The number of hydrogen-bond acceptors (Lipinski definition) is 8. The second-order valence-corrected chi connectivity index (χ2v) is 11.0. The predicted molar refractivity (Wildman–Crippen MR) is 150 cm³/mol. The fourth-order valence-electron chi connectivity index (χ4n) is 5.57. The van der Waals surface area contributed by atoms with Crippen LogP contribution in [0, 0.1) is 0 Å². The third-order valence-electron chi connectivity index (χ3n) is 7.38. The van der Waals surface area contributed by atoms with Crippen LogP contribution in [-0.2, 0) is 13.1 Å². The zero-order chi connectivity index (χ0) is 26.6. The van der Waals surface area contributed by atoms with Crippen molar-refractivity contribution in [1.82, 2.24) is 30.1 Å². The smallest absolute Gasteiger partial charge is 0.253 e. The number of nitrogens with one attached hydrogen (secondary N) is 1. The number of aromatic nitrogens is 5. The Kier molecular flexibility index (Phi) is 7.55. The van der Waals surface area contributed by atoms with Crippen molar-refractivity contribution in [2.24, 2.45) is 0 Å². The number of rotatable bonds is 10. The van der Waals surface area contributed by atoms with Gasteiger partial charge in [0, 0.05) is 27.9 Å². The van der Waals surface area contributed by atoms with Crippen LogP contribution in [0.4, 0.5) is 0 Å². The fraction of sp³-hybridized carbons (Fsp3) is 0.379. The molecule has 1 aliphatic rings. The van der Waals surface area contributed by atoms with Gasteiger partial charge in [-0.3, -0.25) is 9.69 Å². The minimum atomic E-state index is -0.502. The van der Waals surface area contributed by atoms with Gasteiger partial charge in [0.2, 0.25) is 0 Å². The van der Waals surface area contributed by atoms with E-state index in [-0.39, 0.29) is 11.6 Å². The predicted octanol–water partition coefficient (Wildman–Crippen LogP) is 5.86. The number of hydrogen-bond donors (Lipinski definition) is 1. The number of ether oxygens (including phenoxy) is 1. The largest absolute Gasteiger partial charge is 0.494 e. The van der Waals surface area contributed by atoms with Crippen LogP contribution in [0.3, 0.4) is 0 Å². The van der Waals surface area contributed by atoms with Gasteiger partial charge in [-0.25, -0.2) is 4.68 Å². The average molecular weight is 545 g/mol. The molecule has 4 heterocycles. The molecule has 0 bridgehead atoms. The van der Waals surface area contributed by atoms with Crippen LogP contribution in [0.15, 0.2) is 69.4 Å². The number of furan rings is 1. The summed E-state index contributed by atoms with van der Waals surface area (Å²) < 4.78 is 13.5. The lowest BCUT2D eigenvalue weighted by atomic mass is 9.95. The van der Waals surface area contributed by atoms with Crippen LogP contribution in [0.5, 0.6) is 5.75 Å². The maximum Gasteiger partial charge on any atom is 0.253 e. The molecule has 39 heavy (non-hydrogen) atoms. The molecule has 0 aliphatic heterocycles. The molecule has 1 saturated carbocycles. The van der Waals surface area contributed by atoms with Crippen LogP contribution >= 0.6 is 11.3 Å². The summed E-state index contributed by atoms with van der Waals surface area (Å²) in [6.45, 7) is 3.62. The molecule has 0 radical (unpaired) electrons. The van der Waals surface area contributed by atoms with Gasteiger partial charge in [-0.15, -0.1) is 16.4 Å². The van der Waals surface area contributed by atoms with E-state index in [1.807, 2.05) is 54.1 Å². The zero-order valence-corrected chi connectivity index (χ0v) is 22.8. The number of nitrogens with zero attached hydrogens (tertiary/aromatic N) is 5. The van der Waals surface area contributed by atoms with E-state index in [1.54, 1.807) is 17.6 Å². The maximum atomic E-state index is 13.8. The molecule has 6 rings (SSSR count). The lowest BCUT2D eigenvalue weighted by molar-refractivity contribution is 0.175. The Hall–Kier alpha value is -3.76. The van der Waals surface area contributed by atoms with Crippen molar-refractivity contribution in [3.05, 3.63) is 92.6 Å². The number of thiophene rings is 1. The van der Waals surface area contributed by atoms with Crippen LogP contribution in [0.2, 0.25) is 0 Å². The highest BCUT2D eigenvalue weighted by molar-refractivity contribution is 7.09. The van der Waals surface area contributed by atoms with E-state index >= 15 is 0 Å². The molecule has 202 valence electrons. The lowest BCUT2D eigenvalue weighted by Crippen LogP contribution is -2.35. The number of benzene rings is 1. The number of pyridine rings is 1. The first kappa shape index (κ1) is 25.5. The van der Waals surface area contributed by atoms with Crippen molar-refractivity contribution in [3.8, 4) is 5.75 Å². The molecule has 1 atom stereocenters. The Labute approximate surface area is 230 Å². The molecule has 5 aromatic rings. The molecule has 1 unspecified atom stereocenters. The molecular formula is C29H32N6O3S. The summed E-state index contributed by atoms with van der Waals surface area (Å²) in [5, 5.41) is 16.1. The van der Waals surface area contributed by atoms with E-state index in [2.05, 4.69) is 36.9 Å². The first-order valence-electron chi connectivity index (χ1n) is 13.6. The van der Waals surface area contributed by atoms with E-state index in [0.717, 1.165) is 48.1 Å². The summed E-state index contributed by atoms with van der Waals surface area (Å²) in [7, 11) is 0. The van der Waals surface area contributed by atoms with Gasteiger partial charge in [-0.05, 0) is 78.0 Å². The van der Waals surface area contributed by atoms with Gasteiger partial charge in [-0.1, -0.05) is 25.3 Å². The van der Waals surface area contributed by atoms with E-state index in [1.165, 1.54) is 11.3 Å². The Morgan fingerprint density at radius 2 is 2.05 bits per heavy atom. The molecule has 10 heteroatoms. The van der Waals surface area contributed by atoms with E-state index < -0.39 is 6.04 Å². The fourth-order valence-corrected chi connectivity index (χ4v) is 6.30. The molecule has 0 spiro atoms. The number of tetrazole rings is 1. The van der Waals surface area contributed by atoms with Crippen molar-refractivity contribution in [3.63, 3.8) is 0 Å². The SMILES string of the molecule is CCOc1ccc2[nH]c(=O)c(C(c3nnnn3C3CCCCC3)N(Cc3ccco3)Cc3cccs3)cc2c1. The van der Waals surface area contributed by atoms with E-state index in [4.69, 9.17) is 9.15 Å². The lowest BCUT2D eigenvalue weighted by Gasteiger charge is -2.31. The van der Waals surface area contributed by atoms with Gasteiger partial charge < -0.3 is 14.1 Å². The van der Waals surface area contributed by atoms with Crippen molar-refractivity contribution in [2.75, 3.05) is 6.61 Å². The molecule has 0 amide bonds. The Morgan fingerprint density at radius 1 is 1.15 bits per heavy atom. The molecule has 1 aliphatic carbocycles. The third-order valence-corrected chi connectivity index (χ3v) is 8.24. The van der Waals surface area contributed by atoms with Gasteiger partial charge in [0.1, 0.15) is 17.6 Å². The highest BCUT2D eigenvalue weighted by Crippen LogP contribution is 2.35. The normalized spacial score (nSPS) is 15.2. The van der Waals surface area contributed by atoms with Crippen molar-refractivity contribution in [2.45, 2.75) is 64.2 Å². The summed E-state index contributed by atoms with van der Waals surface area (Å²) >= 11 is 1.69. The van der Waals surface area contributed by atoms with Crippen molar-refractivity contribution < 1.29 is 9.15 Å². The minimum Gasteiger partial charge on any atom is -0.494 e. The maximum absolute atomic E-state index is 13.8. The molecule has 1 fully saturated rings. The molecular weight excluding hydrogens is 512 g/mol. The van der Waals surface area contributed by atoms with Gasteiger partial charge in [0.25, 0.3) is 5.56 Å². The Balaban J connectivity index is 1.52. The molecule has 1 aromatic carbocycles. The highest BCUT2D eigenvalue weighted by atomic mass is 32.1. The topological polar surface area (TPSA) is 102 Å². The monoisotopic (exact) mass is 544 g/mol. The average Bonchev–Trinajstić information content (AvgIpc) is 3.74. The summed E-state index contributed by atoms with van der Waals surface area (Å²) in [6, 6.07) is 15.4. The van der Waals surface area contributed by atoms with E-state index in [9.17, 15) is 4.79 Å². The first-order valence-corrected chi connectivity index (χ1v) is 14.4. The van der Waals surface area contributed by atoms with Crippen molar-refractivity contribution in [1.29, 1.82) is 0 Å². The second kappa shape index (κ2) is 11.5. The molecule has 9 nitrogen and oxygen atoms in total. The van der Waals surface area contributed by atoms with Crippen LogP contribution < -0.4 is 10.3 Å². The first-order chi connectivity index (χ1) is 19.2. The third kappa shape index (κ3) is 5.53. The van der Waals surface area contributed by atoms with Crippen molar-refractivity contribution >= 4 is 22.2 Å². The number of H-pyrrole nitrogens is 1. The van der Waals surface area contributed by atoms with Gasteiger partial charge in [0.05, 0.1) is 25.5 Å². The van der Waals surface area contributed by atoms with Gasteiger partial charge in [-0.2, -0.15) is 0 Å². The molecule has 4 aromatic heterocycles. The molecule has 0 saturated heterocycles. The van der Waals surface area contributed by atoms with Gasteiger partial charge >= 0.3 is 0 Å². The second-order valence-electron chi connectivity index (χ2n) is 9.98. The van der Waals surface area contributed by atoms with Crippen LogP contribution in [0.1, 0.15) is 73.1 Å². The molecule has 1 N–H and O–H groups in total.